The van der Waals surface area contributed by atoms with Crippen molar-refractivity contribution in [2.75, 3.05) is 0 Å². The molecule has 0 amide bonds. The summed E-state index contributed by atoms with van der Waals surface area (Å²) in [5.74, 6) is -2.44. The average molecular weight is 274 g/mol. The van der Waals surface area contributed by atoms with E-state index in [1.165, 1.54) is 36.4 Å². The van der Waals surface area contributed by atoms with Crippen molar-refractivity contribution in [1.29, 1.82) is 0 Å². The molecule has 0 saturated heterocycles. The van der Waals surface area contributed by atoms with E-state index >= 15 is 0 Å². The van der Waals surface area contributed by atoms with Crippen molar-refractivity contribution in [1.82, 2.24) is 0 Å². The van der Waals surface area contributed by atoms with Crippen LogP contribution in [0.1, 0.15) is 21.5 Å². The van der Waals surface area contributed by atoms with Crippen LogP contribution in [-0.2, 0) is 0 Å². The number of carboxylic acids is 1. The van der Waals surface area contributed by atoms with E-state index in [0.29, 0.717) is 5.56 Å². The van der Waals surface area contributed by atoms with Gasteiger partial charge in [0, 0.05) is 6.07 Å². The van der Waals surface area contributed by atoms with Gasteiger partial charge in [-0.05, 0) is 29.3 Å². The largest absolute Gasteiger partial charge is 0.508 e. The normalized spacial score (nSPS) is 10.8. The first kappa shape index (κ1) is 13.6. The van der Waals surface area contributed by atoms with Crippen LogP contribution in [0.4, 0.5) is 4.39 Å². The predicted molar refractivity (Wildman–Crippen MR) is 72.1 cm³/mol. The highest BCUT2D eigenvalue weighted by Crippen LogP contribution is 2.28. The van der Waals surface area contributed by atoms with Gasteiger partial charge in [-0.1, -0.05) is 24.3 Å². The Hall–Kier alpha value is -2.82. The Labute approximate surface area is 114 Å². The number of hydrogen-bond donors (Lipinski definition) is 3. The maximum absolute atomic E-state index is 12.8. The zero-order valence-electron chi connectivity index (χ0n) is 10.2. The molecule has 0 atom stereocenters. The summed E-state index contributed by atoms with van der Waals surface area (Å²) in [7, 11) is 0. The lowest BCUT2D eigenvalue weighted by atomic mass is 10.0. The van der Waals surface area contributed by atoms with Gasteiger partial charge in [0.05, 0.1) is 0 Å². The zero-order chi connectivity index (χ0) is 14.7. The monoisotopic (exact) mass is 274 g/mol. The topological polar surface area (TPSA) is 77.8 Å². The zero-order valence-corrected chi connectivity index (χ0v) is 10.2. The number of rotatable bonds is 3. The first-order valence-electron chi connectivity index (χ1n) is 5.70. The molecule has 2 aromatic rings. The number of phenols is 2. The fraction of sp³-hybridized carbons (Fsp3) is 0. The maximum Gasteiger partial charge on any atom is 0.340 e. The lowest BCUT2D eigenvalue weighted by Crippen LogP contribution is -2.00. The molecule has 0 spiro atoms. The molecule has 2 rings (SSSR count). The lowest BCUT2D eigenvalue weighted by Gasteiger charge is -2.05. The van der Waals surface area contributed by atoms with E-state index in [2.05, 4.69) is 0 Å². The van der Waals surface area contributed by atoms with Gasteiger partial charge in [-0.25, -0.2) is 9.18 Å². The molecule has 3 N–H and O–H groups in total. The van der Waals surface area contributed by atoms with E-state index in [0.717, 1.165) is 6.07 Å². The van der Waals surface area contributed by atoms with Gasteiger partial charge in [0.15, 0.2) is 0 Å². The number of carboxylic acid groups (broad SMARTS) is 1. The quantitative estimate of drug-likeness (QED) is 0.751. The van der Waals surface area contributed by atoms with Crippen LogP contribution < -0.4 is 0 Å². The molecule has 0 aromatic heterocycles. The van der Waals surface area contributed by atoms with Gasteiger partial charge in [0.25, 0.3) is 0 Å². The number of aromatic hydroxyl groups is 2. The maximum atomic E-state index is 12.8. The van der Waals surface area contributed by atoms with Crippen LogP contribution in [0, 0.1) is 5.82 Å². The smallest absolute Gasteiger partial charge is 0.340 e. The van der Waals surface area contributed by atoms with Crippen LogP contribution >= 0.6 is 0 Å². The third kappa shape index (κ3) is 2.95. The van der Waals surface area contributed by atoms with Crippen molar-refractivity contribution in [2.24, 2.45) is 0 Å². The van der Waals surface area contributed by atoms with E-state index in [4.69, 9.17) is 5.11 Å². The second kappa shape index (κ2) is 5.44. The molecular weight excluding hydrogens is 263 g/mol. The predicted octanol–water partition coefficient (Wildman–Crippen LogP) is 3.11. The molecule has 102 valence electrons. The summed E-state index contributed by atoms with van der Waals surface area (Å²) >= 11 is 0. The Morgan fingerprint density at radius 1 is 1.05 bits per heavy atom. The second-order valence-corrected chi connectivity index (χ2v) is 4.12. The Morgan fingerprint density at radius 3 is 2.30 bits per heavy atom. The molecule has 0 fully saturated rings. The molecule has 0 aliphatic carbocycles. The highest BCUT2D eigenvalue weighted by molar-refractivity contribution is 5.96. The molecule has 5 heteroatoms. The second-order valence-electron chi connectivity index (χ2n) is 4.12. The standard InChI is InChI=1S/C15H11FO4/c16-11-5-2-9(3-6-11)1-4-10-7-12(17)8-13(18)14(10)15(19)20/h1-8,17-18H,(H,19,20). The summed E-state index contributed by atoms with van der Waals surface area (Å²) in [5.41, 5.74) is 0.506. The van der Waals surface area contributed by atoms with E-state index in [1.54, 1.807) is 6.08 Å². The minimum Gasteiger partial charge on any atom is -0.508 e. The van der Waals surface area contributed by atoms with Gasteiger partial charge in [-0.3, -0.25) is 0 Å². The molecule has 2 aromatic carbocycles. The number of carbonyl (C=O) groups is 1. The molecule has 4 nitrogen and oxygen atoms in total. The van der Waals surface area contributed by atoms with Crippen molar-refractivity contribution in [3.63, 3.8) is 0 Å². The summed E-state index contributed by atoms with van der Waals surface area (Å²) in [6.07, 6.45) is 2.98. The third-order valence-corrected chi connectivity index (χ3v) is 2.67. The summed E-state index contributed by atoms with van der Waals surface area (Å²) in [6.45, 7) is 0. The minimum absolute atomic E-state index is 0.152. The molecule has 0 aliphatic rings. The highest BCUT2D eigenvalue weighted by atomic mass is 19.1. The number of hydrogen-bond acceptors (Lipinski definition) is 3. The van der Waals surface area contributed by atoms with Gasteiger partial charge in [-0.2, -0.15) is 0 Å². The van der Waals surface area contributed by atoms with Crippen molar-refractivity contribution < 1.29 is 24.5 Å². The molecule has 0 aliphatic heterocycles. The first-order valence-corrected chi connectivity index (χ1v) is 5.70. The fourth-order valence-electron chi connectivity index (χ4n) is 1.76. The molecule has 0 radical (unpaired) electrons. The van der Waals surface area contributed by atoms with E-state index in [-0.39, 0.29) is 22.7 Å². The van der Waals surface area contributed by atoms with Gasteiger partial charge in [0.2, 0.25) is 0 Å². The van der Waals surface area contributed by atoms with Crippen molar-refractivity contribution >= 4 is 18.1 Å². The third-order valence-electron chi connectivity index (χ3n) is 2.67. The summed E-state index contributed by atoms with van der Waals surface area (Å²) in [5, 5.41) is 28.0. The van der Waals surface area contributed by atoms with Gasteiger partial charge in [0.1, 0.15) is 22.9 Å². The first-order chi connectivity index (χ1) is 9.47. The van der Waals surface area contributed by atoms with Crippen molar-refractivity contribution in [3.8, 4) is 11.5 Å². The number of benzene rings is 2. The Balaban J connectivity index is 2.42. The molecule has 0 bridgehead atoms. The number of halogens is 1. The molecule has 0 saturated carbocycles. The molecule has 0 unspecified atom stereocenters. The van der Waals surface area contributed by atoms with Crippen molar-refractivity contribution in [2.45, 2.75) is 0 Å². The van der Waals surface area contributed by atoms with E-state index < -0.39 is 11.7 Å². The Bertz CT molecular complexity index is 675. The van der Waals surface area contributed by atoms with E-state index in [1.807, 2.05) is 0 Å². The summed E-state index contributed by atoms with van der Waals surface area (Å²) in [6, 6.07) is 7.78. The van der Waals surface area contributed by atoms with Gasteiger partial charge >= 0.3 is 5.97 Å². The summed E-state index contributed by atoms with van der Waals surface area (Å²) in [4.78, 5) is 11.1. The van der Waals surface area contributed by atoms with Gasteiger partial charge in [-0.15, -0.1) is 0 Å². The van der Waals surface area contributed by atoms with Crippen LogP contribution in [0.2, 0.25) is 0 Å². The van der Waals surface area contributed by atoms with Crippen LogP contribution in [0.15, 0.2) is 36.4 Å². The van der Waals surface area contributed by atoms with Crippen LogP contribution in [0.25, 0.3) is 12.2 Å². The average Bonchev–Trinajstić information content (AvgIpc) is 2.36. The minimum atomic E-state index is -1.30. The fourth-order valence-corrected chi connectivity index (χ4v) is 1.76. The van der Waals surface area contributed by atoms with E-state index in [9.17, 15) is 19.4 Å². The summed E-state index contributed by atoms with van der Waals surface area (Å²) < 4.78 is 12.8. The lowest BCUT2D eigenvalue weighted by molar-refractivity contribution is 0.0693. The SMILES string of the molecule is O=C(O)c1c(O)cc(O)cc1C=Cc1ccc(F)cc1. The number of aromatic carboxylic acids is 1. The van der Waals surface area contributed by atoms with Crippen molar-refractivity contribution in [3.05, 3.63) is 58.9 Å². The number of phenolic OH excluding ortho intramolecular Hbond substituents is 1. The van der Waals surface area contributed by atoms with Gasteiger partial charge < -0.3 is 15.3 Å². The van der Waals surface area contributed by atoms with Crippen LogP contribution in [0.3, 0.4) is 0 Å². The van der Waals surface area contributed by atoms with Crippen LogP contribution in [0.5, 0.6) is 11.5 Å². The Morgan fingerprint density at radius 2 is 1.70 bits per heavy atom. The van der Waals surface area contributed by atoms with Crippen LogP contribution in [-0.4, -0.2) is 21.3 Å². The molecule has 20 heavy (non-hydrogen) atoms. The Kier molecular flexibility index (Phi) is 3.70. The molecule has 0 heterocycles. The molecular formula is C15H11FO4. The highest BCUT2D eigenvalue weighted by Gasteiger charge is 2.15.